The number of halogens is 1. The van der Waals surface area contributed by atoms with Crippen molar-refractivity contribution < 1.29 is 9.32 Å². The Morgan fingerprint density at radius 1 is 1.22 bits per heavy atom. The molecule has 2 aromatic heterocycles. The molecule has 23 heavy (non-hydrogen) atoms. The van der Waals surface area contributed by atoms with Crippen molar-refractivity contribution in [3.8, 4) is 11.4 Å². The van der Waals surface area contributed by atoms with Crippen molar-refractivity contribution >= 4 is 29.1 Å². The zero-order valence-electron chi connectivity index (χ0n) is 12.1. The number of hydrogen-bond acceptors (Lipinski definition) is 5. The summed E-state index contributed by atoms with van der Waals surface area (Å²) in [4.78, 5) is 20.1. The summed E-state index contributed by atoms with van der Waals surface area (Å²) in [6.45, 7) is 1.71. The minimum atomic E-state index is -0.415. The Bertz CT molecular complexity index is 832. The average molecular weight is 330 g/mol. The summed E-state index contributed by atoms with van der Waals surface area (Å²) in [7, 11) is 0. The highest BCUT2D eigenvalue weighted by Gasteiger charge is 2.08. The van der Waals surface area contributed by atoms with E-state index in [4.69, 9.17) is 16.1 Å². The Hall–Kier alpha value is -2.93. The van der Waals surface area contributed by atoms with Gasteiger partial charge in [-0.15, -0.1) is 0 Å². The molecule has 0 bridgehead atoms. The van der Waals surface area contributed by atoms with Crippen LogP contribution in [0.15, 0.2) is 47.1 Å². The first kappa shape index (κ1) is 15.0. The summed E-state index contributed by atoms with van der Waals surface area (Å²) < 4.78 is 4.95. The predicted octanol–water partition coefficient (Wildman–Crippen LogP) is 3.74. The monoisotopic (exact) mass is 329 g/mol. The highest BCUT2D eigenvalue weighted by atomic mass is 35.5. The third-order valence-corrected chi connectivity index (χ3v) is 3.10. The Morgan fingerprint density at radius 3 is 2.78 bits per heavy atom. The zero-order valence-corrected chi connectivity index (χ0v) is 12.8. The number of rotatable bonds is 3. The van der Waals surface area contributed by atoms with Crippen LogP contribution in [0, 0.1) is 6.92 Å². The number of amides is 2. The van der Waals surface area contributed by atoms with Crippen molar-refractivity contribution in [2.75, 3.05) is 10.6 Å². The SMILES string of the molecule is Cc1nc(-c2cccc(NC(=O)Nc3ccc(Cl)cn3)c2)no1. The second kappa shape index (κ2) is 6.45. The van der Waals surface area contributed by atoms with Gasteiger partial charge in [-0.3, -0.25) is 5.32 Å². The van der Waals surface area contributed by atoms with E-state index in [-0.39, 0.29) is 0 Å². The molecule has 0 fully saturated rings. The fraction of sp³-hybridized carbons (Fsp3) is 0.0667. The maximum atomic E-state index is 12.0. The van der Waals surface area contributed by atoms with Crippen LogP contribution in [0.5, 0.6) is 0 Å². The molecule has 2 heterocycles. The van der Waals surface area contributed by atoms with Crippen LogP contribution in [-0.4, -0.2) is 21.2 Å². The first-order valence-corrected chi connectivity index (χ1v) is 7.08. The second-order valence-electron chi connectivity index (χ2n) is 4.66. The Balaban J connectivity index is 1.70. The fourth-order valence-corrected chi connectivity index (χ4v) is 1.99. The van der Waals surface area contributed by atoms with E-state index in [1.807, 2.05) is 6.07 Å². The van der Waals surface area contributed by atoms with Crippen molar-refractivity contribution in [1.29, 1.82) is 0 Å². The lowest BCUT2D eigenvalue weighted by Crippen LogP contribution is -2.20. The number of urea groups is 1. The van der Waals surface area contributed by atoms with Crippen LogP contribution in [0.4, 0.5) is 16.3 Å². The molecule has 7 nitrogen and oxygen atoms in total. The van der Waals surface area contributed by atoms with E-state index >= 15 is 0 Å². The minimum absolute atomic E-state index is 0.400. The molecule has 0 radical (unpaired) electrons. The number of aryl methyl sites for hydroxylation is 1. The van der Waals surface area contributed by atoms with Crippen LogP contribution in [0.3, 0.4) is 0 Å². The van der Waals surface area contributed by atoms with Crippen LogP contribution in [0.25, 0.3) is 11.4 Å². The smallest absolute Gasteiger partial charge is 0.324 e. The molecule has 0 aliphatic heterocycles. The molecule has 3 rings (SSSR count). The molecule has 0 unspecified atom stereocenters. The van der Waals surface area contributed by atoms with Gasteiger partial charge in [0.2, 0.25) is 11.7 Å². The maximum absolute atomic E-state index is 12.0. The van der Waals surface area contributed by atoms with E-state index in [1.165, 1.54) is 6.20 Å². The van der Waals surface area contributed by atoms with Gasteiger partial charge < -0.3 is 9.84 Å². The third kappa shape index (κ3) is 3.83. The molecule has 0 spiro atoms. The van der Waals surface area contributed by atoms with E-state index in [1.54, 1.807) is 37.3 Å². The van der Waals surface area contributed by atoms with Gasteiger partial charge in [-0.25, -0.2) is 9.78 Å². The third-order valence-electron chi connectivity index (χ3n) is 2.88. The van der Waals surface area contributed by atoms with E-state index in [0.717, 1.165) is 5.56 Å². The molecule has 8 heteroatoms. The van der Waals surface area contributed by atoms with Crippen molar-refractivity contribution in [3.05, 3.63) is 53.5 Å². The van der Waals surface area contributed by atoms with Gasteiger partial charge in [0.15, 0.2) is 0 Å². The quantitative estimate of drug-likeness (QED) is 0.763. The van der Waals surface area contributed by atoms with Crippen LogP contribution < -0.4 is 10.6 Å². The van der Waals surface area contributed by atoms with Crippen molar-refractivity contribution in [2.45, 2.75) is 6.92 Å². The van der Waals surface area contributed by atoms with E-state index in [9.17, 15) is 4.79 Å². The van der Waals surface area contributed by atoms with Crippen molar-refractivity contribution in [1.82, 2.24) is 15.1 Å². The lowest BCUT2D eigenvalue weighted by Gasteiger charge is -2.07. The fourth-order valence-electron chi connectivity index (χ4n) is 1.88. The number of nitrogens with one attached hydrogen (secondary N) is 2. The number of anilines is 2. The Kier molecular flexibility index (Phi) is 4.20. The van der Waals surface area contributed by atoms with Crippen LogP contribution in [0.1, 0.15) is 5.89 Å². The summed E-state index contributed by atoms with van der Waals surface area (Å²) in [6, 6.07) is 9.96. The molecule has 0 saturated carbocycles. The lowest BCUT2D eigenvalue weighted by molar-refractivity contribution is 0.262. The summed E-state index contributed by atoms with van der Waals surface area (Å²) in [5, 5.41) is 9.67. The molecular formula is C15H12ClN5O2. The lowest BCUT2D eigenvalue weighted by atomic mass is 10.2. The summed E-state index contributed by atoms with van der Waals surface area (Å²) in [5.74, 6) is 1.34. The van der Waals surface area contributed by atoms with Crippen LogP contribution >= 0.6 is 11.6 Å². The van der Waals surface area contributed by atoms with Crippen molar-refractivity contribution in [3.63, 3.8) is 0 Å². The molecule has 3 aromatic rings. The number of carbonyl (C=O) groups is 1. The normalized spacial score (nSPS) is 10.3. The molecule has 0 atom stereocenters. The standard InChI is InChI=1S/C15H12ClN5O2/c1-9-18-14(21-23-9)10-3-2-4-12(7-10)19-15(22)20-13-6-5-11(16)8-17-13/h2-8H,1H3,(H2,17,19,20,22). The van der Waals surface area contributed by atoms with Gasteiger partial charge in [0.1, 0.15) is 5.82 Å². The molecular weight excluding hydrogens is 318 g/mol. The van der Waals surface area contributed by atoms with Crippen LogP contribution in [-0.2, 0) is 0 Å². The molecule has 0 saturated heterocycles. The number of carbonyl (C=O) groups excluding carboxylic acids is 1. The second-order valence-corrected chi connectivity index (χ2v) is 5.10. The van der Waals surface area contributed by atoms with Gasteiger partial charge in [0, 0.05) is 24.4 Å². The first-order valence-electron chi connectivity index (χ1n) is 6.70. The number of aromatic nitrogens is 3. The Labute approximate surface area is 136 Å². The summed E-state index contributed by atoms with van der Waals surface area (Å²) in [5.41, 5.74) is 1.33. The Morgan fingerprint density at radius 2 is 2.09 bits per heavy atom. The van der Waals surface area contributed by atoms with Gasteiger partial charge in [0.05, 0.1) is 5.02 Å². The highest BCUT2D eigenvalue weighted by Crippen LogP contribution is 2.20. The molecule has 116 valence electrons. The molecule has 0 aliphatic rings. The molecule has 2 amide bonds. The molecule has 2 N–H and O–H groups in total. The van der Waals surface area contributed by atoms with Gasteiger partial charge in [-0.05, 0) is 24.3 Å². The van der Waals surface area contributed by atoms with E-state index in [2.05, 4.69) is 25.8 Å². The summed E-state index contributed by atoms with van der Waals surface area (Å²) >= 11 is 5.75. The van der Waals surface area contributed by atoms with Gasteiger partial charge in [-0.2, -0.15) is 4.98 Å². The summed E-state index contributed by atoms with van der Waals surface area (Å²) in [6.07, 6.45) is 1.45. The number of nitrogens with zero attached hydrogens (tertiary/aromatic N) is 3. The molecule has 0 aliphatic carbocycles. The number of benzene rings is 1. The maximum Gasteiger partial charge on any atom is 0.324 e. The van der Waals surface area contributed by atoms with Crippen LogP contribution in [0.2, 0.25) is 5.02 Å². The number of hydrogen-bond donors (Lipinski definition) is 2. The zero-order chi connectivity index (χ0) is 16.2. The first-order chi connectivity index (χ1) is 11.1. The molecule has 1 aromatic carbocycles. The predicted molar refractivity (Wildman–Crippen MR) is 86.4 cm³/mol. The largest absolute Gasteiger partial charge is 0.339 e. The van der Waals surface area contributed by atoms with Crippen molar-refractivity contribution in [2.24, 2.45) is 0 Å². The highest BCUT2D eigenvalue weighted by molar-refractivity contribution is 6.30. The van der Waals surface area contributed by atoms with E-state index in [0.29, 0.717) is 28.2 Å². The van der Waals surface area contributed by atoms with E-state index < -0.39 is 6.03 Å². The number of pyridine rings is 1. The average Bonchev–Trinajstić information content (AvgIpc) is 2.96. The van der Waals surface area contributed by atoms with Gasteiger partial charge in [-0.1, -0.05) is 28.9 Å². The van der Waals surface area contributed by atoms with Gasteiger partial charge >= 0.3 is 6.03 Å². The minimum Gasteiger partial charge on any atom is -0.339 e. The van der Waals surface area contributed by atoms with Gasteiger partial charge in [0.25, 0.3) is 0 Å². The topological polar surface area (TPSA) is 92.9 Å².